The molecular formula is C9H16N4O2. The Balaban J connectivity index is 3.84. The van der Waals surface area contributed by atoms with E-state index in [9.17, 15) is 9.59 Å². The maximum Gasteiger partial charge on any atom is 0.310 e. The van der Waals surface area contributed by atoms with Crippen molar-refractivity contribution in [3.8, 4) is 6.07 Å². The molecule has 6 heteroatoms. The van der Waals surface area contributed by atoms with Gasteiger partial charge < -0.3 is 15.5 Å². The highest BCUT2D eigenvalue weighted by atomic mass is 16.2. The third-order valence-corrected chi connectivity index (χ3v) is 1.97. The van der Waals surface area contributed by atoms with Crippen LogP contribution in [0.25, 0.3) is 0 Å². The van der Waals surface area contributed by atoms with Gasteiger partial charge in [0.25, 0.3) is 0 Å². The van der Waals surface area contributed by atoms with Crippen LogP contribution < -0.4 is 10.6 Å². The molecule has 1 atom stereocenters. The van der Waals surface area contributed by atoms with Crippen LogP contribution in [0.5, 0.6) is 0 Å². The summed E-state index contributed by atoms with van der Waals surface area (Å²) in [6.45, 7) is 2.16. The molecule has 6 nitrogen and oxygen atoms in total. The molecule has 0 bridgehead atoms. The van der Waals surface area contributed by atoms with E-state index in [0.29, 0.717) is 6.54 Å². The van der Waals surface area contributed by atoms with E-state index in [2.05, 4.69) is 10.6 Å². The lowest BCUT2D eigenvalue weighted by Crippen LogP contribution is -2.44. The van der Waals surface area contributed by atoms with Gasteiger partial charge in [0.2, 0.25) is 0 Å². The molecule has 0 rings (SSSR count). The normalized spacial score (nSPS) is 11.7. The third-order valence-electron chi connectivity index (χ3n) is 1.97. The fraction of sp³-hybridized carbons (Fsp3) is 0.667. The van der Waals surface area contributed by atoms with Crippen LogP contribution in [0.4, 0.5) is 0 Å². The average molecular weight is 212 g/mol. The van der Waals surface area contributed by atoms with Gasteiger partial charge in [-0.15, -0.1) is 0 Å². The zero-order valence-corrected chi connectivity index (χ0v) is 9.20. The van der Waals surface area contributed by atoms with Gasteiger partial charge in [-0.3, -0.25) is 9.59 Å². The second-order valence-corrected chi connectivity index (χ2v) is 3.36. The number of amides is 2. The summed E-state index contributed by atoms with van der Waals surface area (Å²) in [5, 5.41) is 12.8. The van der Waals surface area contributed by atoms with Crippen LogP contribution in [0.3, 0.4) is 0 Å². The molecule has 84 valence electrons. The van der Waals surface area contributed by atoms with Crippen molar-refractivity contribution >= 4 is 11.8 Å². The van der Waals surface area contributed by atoms with Gasteiger partial charge in [0.1, 0.15) is 6.54 Å². The first kappa shape index (κ1) is 13.4. The number of likely N-dealkylation sites (N-methyl/N-ethyl adjacent to an activating group) is 1. The minimum Gasteiger partial charge on any atom is -0.346 e. The molecule has 0 aromatic carbocycles. The molecule has 1 unspecified atom stereocenters. The third kappa shape index (κ3) is 5.65. The van der Waals surface area contributed by atoms with E-state index in [1.165, 1.54) is 0 Å². The molecule has 0 aromatic heterocycles. The SMILES string of the molecule is CC(CNC(=O)C(=O)NCC#N)N(C)C. The molecule has 0 aromatic rings. The van der Waals surface area contributed by atoms with Gasteiger partial charge in [-0.2, -0.15) is 5.26 Å². The number of nitriles is 1. The highest BCUT2D eigenvalue weighted by Gasteiger charge is 2.13. The quantitative estimate of drug-likeness (QED) is 0.447. The predicted octanol–water partition coefficient (Wildman–Crippen LogP) is -1.31. The zero-order valence-electron chi connectivity index (χ0n) is 9.20. The van der Waals surface area contributed by atoms with Crippen molar-refractivity contribution in [3.05, 3.63) is 0 Å². The van der Waals surface area contributed by atoms with Crippen molar-refractivity contribution in [2.45, 2.75) is 13.0 Å². The molecule has 0 saturated carbocycles. The van der Waals surface area contributed by atoms with Crippen LogP contribution in [-0.2, 0) is 9.59 Å². The van der Waals surface area contributed by atoms with Gasteiger partial charge in [-0.25, -0.2) is 0 Å². The summed E-state index contributed by atoms with van der Waals surface area (Å²) in [5.74, 6) is -1.48. The highest BCUT2D eigenvalue weighted by Crippen LogP contribution is 1.87. The van der Waals surface area contributed by atoms with Crippen LogP contribution in [0, 0.1) is 11.3 Å². The van der Waals surface area contributed by atoms with Gasteiger partial charge in [0, 0.05) is 12.6 Å². The Hall–Kier alpha value is -1.61. The van der Waals surface area contributed by atoms with Crippen LogP contribution in [-0.4, -0.2) is 49.9 Å². The van der Waals surface area contributed by atoms with Crippen LogP contribution in [0.15, 0.2) is 0 Å². The van der Waals surface area contributed by atoms with Crippen molar-refractivity contribution in [2.75, 3.05) is 27.2 Å². The van der Waals surface area contributed by atoms with Gasteiger partial charge in [-0.1, -0.05) is 0 Å². The summed E-state index contributed by atoms with van der Waals surface area (Å²) in [5.41, 5.74) is 0. The number of hydrogen-bond donors (Lipinski definition) is 2. The Kier molecular flexibility index (Phi) is 6.06. The largest absolute Gasteiger partial charge is 0.346 e. The first-order valence-corrected chi connectivity index (χ1v) is 4.58. The van der Waals surface area contributed by atoms with E-state index in [-0.39, 0.29) is 12.6 Å². The van der Waals surface area contributed by atoms with Crippen LogP contribution >= 0.6 is 0 Å². The molecule has 2 N–H and O–H groups in total. The zero-order chi connectivity index (χ0) is 11.8. The van der Waals surface area contributed by atoms with Gasteiger partial charge in [0.15, 0.2) is 0 Å². The fourth-order valence-corrected chi connectivity index (χ4v) is 0.703. The molecule has 0 spiro atoms. The summed E-state index contributed by atoms with van der Waals surface area (Å²) >= 11 is 0. The van der Waals surface area contributed by atoms with E-state index in [0.717, 1.165) is 0 Å². The first-order chi connectivity index (χ1) is 6.99. The smallest absolute Gasteiger partial charge is 0.310 e. The lowest BCUT2D eigenvalue weighted by atomic mass is 10.3. The summed E-state index contributed by atoms with van der Waals surface area (Å²) in [6, 6.07) is 1.87. The van der Waals surface area contributed by atoms with Gasteiger partial charge in [-0.05, 0) is 21.0 Å². The average Bonchev–Trinajstić information content (AvgIpc) is 2.21. The molecule has 0 aliphatic rings. The number of rotatable bonds is 4. The van der Waals surface area contributed by atoms with E-state index in [4.69, 9.17) is 5.26 Å². The number of carbonyl (C=O) groups excluding carboxylic acids is 2. The Morgan fingerprint density at radius 2 is 1.87 bits per heavy atom. The second kappa shape index (κ2) is 6.79. The molecule has 15 heavy (non-hydrogen) atoms. The minimum atomic E-state index is -0.775. The van der Waals surface area contributed by atoms with E-state index < -0.39 is 11.8 Å². The summed E-state index contributed by atoms with van der Waals surface area (Å²) < 4.78 is 0. The molecule has 0 heterocycles. The molecular weight excluding hydrogens is 196 g/mol. The van der Waals surface area contributed by atoms with E-state index in [1.54, 1.807) is 6.07 Å². The van der Waals surface area contributed by atoms with Crippen molar-refractivity contribution in [1.29, 1.82) is 5.26 Å². The van der Waals surface area contributed by atoms with Crippen molar-refractivity contribution in [1.82, 2.24) is 15.5 Å². The second-order valence-electron chi connectivity index (χ2n) is 3.36. The van der Waals surface area contributed by atoms with Crippen LogP contribution in [0.1, 0.15) is 6.92 Å². The maximum atomic E-state index is 11.1. The molecule has 0 aliphatic carbocycles. The molecule has 0 fully saturated rings. The molecule has 0 radical (unpaired) electrons. The summed E-state index contributed by atoms with van der Waals surface area (Å²) in [4.78, 5) is 24.0. The number of nitrogens with one attached hydrogen (secondary N) is 2. The summed E-state index contributed by atoms with van der Waals surface area (Å²) in [6.07, 6.45) is 0. The van der Waals surface area contributed by atoms with Gasteiger partial charge >= 0.3 is 11.8 Å². The van der Waals surface area contributed by atoms with E-state index in [1.807, 2.05) is 25.9 Å². The Morgan fingerprint density at radius 1 is 1.33 bits per heavy atom. The monoisotopic (exact) mass is 212 g/mol. The Labute approximate surface area is 89.2 Å². The number of hydrogen-bond acceptors (Lipinski definition) is 4. The van der Waals surface area contributed by atoms with E-state index >= 15 is 0 Å². The topological polar surface area (TPSA) is 85.2 Å². The Bertz CT molecular complexity index is 270. The highest BCUT2D eigenvalue weighted by molar-refractivity contribution is 6.35. The number of nitrogens with zero attached hydrogens (tertiary/aromatic N) is 2. The van der Waals surface area contributed by atoms with Crippen molar-refractivity contribution < 1.29 is 9.59 Å². The van der Waals surface area contributed by atoms with Gasteiger partial charge in [0.05, 0.1) is 6.07 Å². The maximum absolute atomic E-state index is 11.1. The molecule has 0 aliphatic heterocycles. The van der Waals surface area contributed by atoms with Crippen molar-refractivity contribution in [3.63, 3.8) is 0 Å². The lowest BCUT2D eigenvalue weighted by molar-refractivity contribution is -0.139. The standard InChI is InChI=1S/C9H16N4O2/c1-7(13(2)3)6-12-9(15)8(14)11-5-4-10/h7H,5-6H2,1-3H3,(H,11,14)(H,12,15). The molecule has 0 saturated heterocycles. The fourth-order valence-electron chi connectivity index (χ4n) is 0.703. The lowest BCUT2D eigenvalue weighted by Gasteiger charge is -2.19. The number of carbonyl (C=O) groups is 2. The predicted molar refractivity (Wildman–Crippen MR) is 54.8 cm³/mol. The van der Waals surface area contributed by atoms with Crippen LogP contribution in [0.2, 0.25) is 0 Å². The van der Waals surface area contributed by atoms with Crippen molar-refractivity contribution in [2.24, 2.45) is 0 Å². The summed E-state index contributed by atoms with van der Waals surface area (Å²) in [7, 11) is 3.76. The Morgan fingerprint density at radius 3 is 2.33 bits per heavy atom. The molecule has 2 amide bonds. The first-order valence-electron chi connectivity index (χ1n) is 4.58. The minimum absolute atomic E-state index is 0.151.